The van der Waals surface area contributed by atoms with Gasteiger partial charge >= 0.3 is 0 Å². The van der Waals surface area contributed by atoms with Crippen molar-refractivity contribution in [3.63, 3.8) is 0 Å². The summed E-state index contributed by atoms with van der Waals surface area (Å²) in [6.07, 6.45) is 5.81. The Hall–Kier alpha value is -3.34. The van der Waals surface area contributed by atoms with Crippen LogP contribution in [0.5, 0.6) is 17.2 Å². The molecular formula is C24H26O5. The van der Waals surface area contributed by atoms with Gasteiger partial charge in [0.1, 0.15) is 5.75 Å². The molecule has 0 aromatic heterocycles. The minimum Gasteiger partial charge on any atom is -0.504 e. The highest BCUT2D eigenvalue weighted by Crippen LogP contribution is 2.27. The second kappa shape index (κ2) is 10.9. The van der Waals surface area contributed by atoms with E-state index in [1.54, 1.807) is 24.3 Å². The van der Waals surface area contributed by atoms with Crippen LogP contribution in [0, 0.1) is 6.92 Å². The number of ketones is 2. The quantitative estimate of drug-likeness (QED) is 0.465. The number of ether oxygens (including phenoxy) is 2. The van der Waals surface area contributed by atoms with Gasteiger partial charge < -0.3 is 14.6 Å². The second-order valence-electron chi connectivity index (χ2n) is 6.39. The molecule has 0 fully saturated rings. The lowest BCUT2D eigenvalue weighted by atomic mass is 10.1. The molecule has 5 heteroatoms. The van der Waals surface area contributed by atoms with Gasteiger partial charge in [-0.05, 0) is 67.8 Å². The van der Waals surface area contributed by atoms with Gasteiger partial charge in [-0.25, -0.2) is 0 Å². The third kappa shape index (κ3) is 6.96. The number of aryl methyl sites for hydroxylation is 1. The van der Waals surface area contributed by atoms with Gasteiger partial charge in [0.15, 0.2) is 23.1 Å². The van der Waals surface area contributed by atoms with Gasteiger partial charge in [0.05, 0.1) is 19.6 Å². The summed E-state index contributed by atoms with van der Waals surface area (Å²) in [6.45, 7) is 6.69. The van der Waals surface area contributed by atoms with Gasteiger partial charge in [0, 0.05) is 0 Å². The smallest absolute Gasteiger partial charge is 0.163 e. The van der Waals surface area contributed by atoms with Crippen molar-refractivity contribution in [2.45, 2.75) is 27.2 Å². The van der Waals surface area contributed by atoms with Crippen LogP contribution >= 0.6 is 0 Å². The number of phenols is 1. The van der Waals surface area contributed by atoms with E-state index in [1.165, 1.54) is 18.2 Å². The minimum absolute atomic E-state index is 0.0410. The van der Waals surface area contributed by atoms with E-state index in [2.05, 4.69) is 0 Å². The first kappa shape index (κ1) is 22.0. The zero-order chi connectivity index (χ0) is 21.2. The van der Waals surface area contributed by atoms with E-state index in [9.17, 15) is 14.7 Å². The minimum atomic E-state index is -0.301. The number of carbonyl (C=O) groups excluding carboxylic acids is 2. The Kier molecular flexibility index (Phi) is 8.22. The first-order chi connectivity index (χ1) is 13.9. The van der Waals surface area contributed by atoms with Crippen molar-refractivity contribution in [1.82, 2.24) is 0 Å². The average Bonchev–Trinajstić information content (AvgIpc) is 2.69. The Morgan fingerprint density at radius 1 is 0.862 bits per heavy atom. The Morgan fingerprint density at radius 2 is 1.38 bits per heavy atom. The molecule has 29 heavy (non-hydrogen) atoms. The highest BCUT2D eigenvalue weighted by Gasteiger charge is 2.06. The molecule has 0 aliphatic carbocycles. The predicted molar refractivity (Wildman–Crippen MR) is 114 cm³/mol. The normalized spacial score (nSPS) is 11.1. The molecule has 0 aliphatic rings. The van der Waals surface area contributed by atoms with E-state index in [-0.39, 0.29) is 23.7 Å². The Labute approximate surface area is 171 Å². The van der Waals surface area contributed by atoms with Gasteiger partial charge in [-0.1, -0.05) is 30.4 Å². The molecule has 0 saturated heterocycles. The van der Waals surface area contributed by atoms with Crippen LogP contribution in [0.15, 0.2) is 48.6 Å². The fourth-order valence-electron chi connectivity index (χ4n) is 2.60. The summed E-state index contributed by atoms with van der Waals surface area (Å²) in [5, 5.41) is 9.70. The van der Waals surface area contributed by atoms with Gasteiger partial charge in [-0.2, -0.15) is 0 Å². The van der Waals surface area contributed by atoms with Gasteiger partial charge in [-0.3, -0.25) is 9.59 Å². The molecule has 2 aromatic carbocycles. The number of hydrogen-bond acceptors (Lipinski definition) is 5. The fourth-order valence-corrected chi connectivity index (χ4v) is 2.60. The summed E-state index contributed by atoms with van der Waals surface area (Å²) in [5.74, 6) is 0.592. The Bertz CT molecular complexity index is 849. The SMILES string of the molecule is CCOc1cc(/C=C/C(=O)CC(=O)/C=C/c2ccc(O)c(OCC)c2)ccc1C. The van der Waals surface area contributed by atoms with E-state index in [0.717, 1.165) is 16.9 Å². The molecule has 2 aromatic rings. The lowest BCUT2D eigenvalue weighted by Crippen LogP contribution is -2.02. The number of aromatic hydroxyl groups is 1. The molecular weight excluding hydrogens is 368 g/mol. The van der Waals surface area contributed by atoms with Crippen molar-refractivity contribution in [1.29, 1.82) is 0 Å². The molecule has 0 radical (unpaired) electrons. The van der Waals surface area contributed by atoms with Crippen molar-refractivity contribution in [2.24, 2.45) is 0 Å². The second-order valence-corrected chi connectivity index (χ2v) is 6.39. The molecule has 0 unspecified atom stereocenters. The number of phenolic OH excluding ortho intramolecular Hbond substituents is 1. The third-order valence-electron chi connectivity index (χ3n) is 4.07. The molecule has 0 amide bonds. The lowest BCUT2D eigenvalue weighted by molar-refractivity contribution is -0.121. The average molecular weight is 394 g/mol. The third-order valence-corrected chi connectivity index (χ3v) is 4.07. The maximum absolute atomic E-state index is 12.1. The number of carbonyl (C=O) groups is 2. The molecule has 0 atom stereocenters. The number of hydrogen-bond donors (Lipinski definition) is 1. The van der Waals surface area contributed by atoms with Gasteiger partial charge in [0.2, 0.25) is 0 Å². The lowest BCUT2D eigenvalue weighted by Gasteiger charge is -2.07. The van der Waals surface area contributed by atoms with Gasteiger partial charge in [-0.15, -0.1) is 0 Å². The van der Waals surface area contributed by atoms with E-state index in [4.69, 9.17) is 9.47 Å². The van der Waals surface area contributed by atoms with Crippen molar-refractivity contribution in [3.8, 4) is 17.2 Å². The molecule has 0 aliphatic heterocycles. The van der Waals surface area contributed by atoms with Crippen LogP contribution in [0.2, 0.25) is 0 Å². The van der Waals surface area contributed by atoms with E-state index in [1.807, 2.05) is 39.0 Å². The van der Waals surface area contributed by atoms with Crippen LogP contribution in [-0.2, 0) is 9.59 Å². The molecule has 5 nitrogen and oxygen atoms in total. The monoisotopic (exact) mass is 394 g/mol. The van der Waals surface area contributed by atoms with Crippen molar-refractivity contribution in [2.75, 3.05) is 13.2 Å². The molecule has 0 saturated carbocycles. The molecule has 1 N–H and O–H groups in total. The summed E-state index contributed by atoms with van der Waals surface area (Å²) >= 11 is 0. The largest absolute Gasteiger partial charge is 0.504 e. The fraction of sp³-hybridized carbons (Fsp3) is 0.250. The predicted octanol–water partition coefficient (Wildman–Crippen LogP) is 4.75. The summed E-state index contributed by atoms with van der Waals surface area (Å²) < 4.78 is 10.9. The Balaban J connectivity index is 1.96. The van der Waals surface area contributed by atoms with Crippen LogP contribution in [-0.4, -0.2) is 29.9 Å². The van der Waals surface area contributed by atoms with Crippen LogP contribution in [0.1, 0.15) is 37.0 Å². The zero-order valence-corrected chi connectivity index (χ0v) is 17.0. The van der Waals surface area contributed by atoms with Crippen molar-refractivity contribution < 1.29 is 24.2 Å². The maximum Gasteiger partial charge on any atom is 0.163 e. The molecule has 0 spiro atoms. The zero-order valence-electron chi connectivity index (χ0n) is 17.0. The summed E-state index contributed by atoms with van der Waals surface area (Å²) in [4.78, 5) is 24.1. The first-order valence-corrected chi connectivity index (χ1v) is 9.54. The first-order valence-electron chi connectivity index (χ1n) is 9.54. The highest BCUT2D eigenvalue weighted by molar-refractivity contribution is 6.10. The van der Waals surface area contributed by atoms with E-state index >= 15 is 0 Å². The van der Waals surface area contributed by atoms with E-state index < -0.39 is 0 Å². The van der Waals surface area contributed by atoms with Crippen molar-refractivity contribution >= 4 is 23.7 Å². The summed E-state index contributed by atoms with van der Waals surface area (Å²) in [7, 11) is 0. The summed E-state index contributed by atoms with van der Waals surface area (Å²) in [6, 6.07) is 10.5. The van der Waals surface area contributed by atoms with Crippen molar-refractivity contribution in [3.05, 3.63) is 65.2 Å². The van der Waals surface area contributed by atoms with E-state index in [0.29, 0.717) is 24.5 Å². The molecule has 0 bridgehead atoms. The number of benzene rings is 2. The van der Waals surface area contributed by atoms with Crippen LogP contribution in [0.4, 0.5) is 0 Å². The molecule has 152 valence electrons. The number of allylic oxidation sites excluding steroid dienone is 2. The summed E-state index contributed by atoms with van der Waals surface area (Å²) in [5.41, 5.74) is 2.56. The Morgan fingerprint density at radius 3 is 1.97 bits per heavy atom. The van der Waals surface area contributed by atoms with Crippen LogP contribution < -0.4 is 9.47 Å². The maximum atomic E-state index is 12.1. The standard InChI is InChI=1S/C24H26O5/c1-4-28-23-14-18(7-6-17(23)3)8-11-20(25)16-21(26)12-9-19-10-13-22(27)24(15-19)29-5-2/h6-15,27H,4-5,16H2,1-3H3/b11-8+,12-9+. The van der Waals surface area contributed by atoms with Crippen LogP contribution in [0.3, 0.4) is 0 Å². The molecule has 2 rings (SSSR count). The highest BCUT2D eigenvalue weighted by atomic mass is 16.5. The van der Waals surface area contributed by atoms with Crippen LogP contribution in [0.25, 0.3) is 12.2 Å². The molecule has 0 heterocycles. The number of rotatable bonds is 10. The van der Waals surface area contributed by atoms with Gasteiger partial charge in [0.25, 0.3) is 0 Å². The topological polar surface area (TPSA) is 72.8 Å².